The highest BCUT2D eigenvalue weighted by atomic mass is 16.1. The average Bonchev–Trinajstić information content (AvgIpc) is 2.66. The van der Waals surface area contributed by atoms with Gasteiger partial charge in [-0.25, -0.2) is 0 Å². The van der Waals surface area contributed by atoms with Crippen molar-refractivity contribution in [1.29, 1.82) is 0 Å². The maximum Gasteiger partial charge on any atom is 0.253 e. The lowest BCUT2D eigenvalue weighted by molar-refractivity contribution is -0.116. The van der Waals surface area contributed by atoms with E-state index in [9.17, 15) is 9.59 Å². The largest absolute Gasteiger partial charge is 0.326 e. The molecule has 5 nitrogen and oxygen atoms in total. The van der Waals surface area contributed by atoms with Gasteiger partial charge in [-0.05, 0) is 65.8 Å². The number of nitrogens with zero attached hydrogens (tertiary/aromatic N) is 2. The second kappa shape index (κ2) is 6.83. The fraction of sp³-hybridized carbons (Fsp3) is 0.227. The third-order valence-corrected chi connectivity index (χ3v) is 5.08. The molecule has 1 aliphatic heterocycles. The van der Waals surface area contributed by atoms with Crippen molar-refractivity contribution in [3.05, 3.63) is 81.5 Å². The Morgan fingerprint density at radius 2 is 2.04 bits per heavy atom. The first-order valence-electron chi connectivity index (χ1n) is 9.04. The monoisotopic (exact) mass is 359 g/mol. The molecule has 0 spiro atoms. The van der Waals surface area contributed by atoms with Crippen LogP contribution in [0.2, 0.25) is 0 Å². The van der Waals surface area contributed by atoms with E-state index >= 15 is 0 Å². The smallest absolute Gasteiger partial charge is 0.253 e. The summed E-state index contributed by atoms with van der Waals surface area (Å²) in [6.45, 7) is 1.84. The van der Waals surface area contributed by atoms with E-state index in [0.717, 1.165) is 35.2 Å². The molecule has 0 radical (unpaired) electrons. The molecule has 0 unspecified atom stereocenters. The van der Waals surface area contributed by atoms with E-state index in [1.54, 1.807) is 17.8 Å². The van der Waals surface area contributed by atoms with Crippen molar-refractivity contribution >= 4 is 11.6 Å². The van der Waals surface area contributed by atoms with E-state index in [2.05, 4.69) is 16.4 Å². The number of anilines is 1. The quantitative estimate of drug-likeness (QED) is 0.781. The zero-order chi connectivity index (χ0) is 19.0. The number of carbonyl (C=O) groups excluding carboxylic acids is 1. The first-order chi connectivity index (χ1) is 13.0. The number of benzene rings is 1. The fourth-order valence-corrected chi connectivity index (χ4v) is 3.75. The maximum atomic E-state index is 12.1. The van der Waals surface area contributed by atoms with Gasteiger partial charge in [-0.2, -0.15) is 0 Å². The molecule has 0 aliphatic carbocycles. The van der Waals surface area contributed by atoms with Crippen LogP contribution in [0.25, 0.3) is 11.1 Å². The lowest BCUT2D eigenvalue weighted by atomic mass is 9.87. The second-order valence-electron chi connectivity index (χ2n) is 7.03. The lowest BCUT2D eigenvalue weighted by Gasteiger charge is -2.23. The van der Waals surface area contributed by atoms with Crippen LogP contribution in [0.5, 0.6) is 0 Å². The van der Waals surface area contributed by atoms with Crippen molar-refractivity contribution in [3.8, 4) is 11.1 Å². The lowest BCUT2D eigenvalue weighted by Crippen LogP contribution is -2.21. The van der Waals surface area contributed by atoms with Gasteiger partial charge in [-0.15, -0.1) is 0 Å². The maximum absolute atomic E-state index is 12.1. The molecule has 1 aromatic carbocycles. The molecule has 1 aliphatic rings. The van der Waals surface area contributed by atoms with Crippen molar-refractivity contribution in [2.45, 2.75) is 26.2 Å². The molecule has 1 N–H and O–H groups in total. The molecule has 3 aromatic rings. The molecule has 2 aromatic heterocycles. The molecule has 0 bridgehead atoms. The topological polar surface area (TPSA) is 64.0 Å². The minimum Gasteiger partial charge on any atom is -0.326 e. The highest BCUT2D eigenvalue weighted by molar-refractivity contribution is 5.95. The van der Waals surface area contributed by atoms with Crippen LogP contribution >= 0.6 is 0 Å². The predicted molar refractivity (Wildman–Crippen MR) is 106 cm³/mol. The number of pyridine rings is 2. The highest BCUT2D eigenvalue weighted by Gasteiger charge is 2.21. The van der Waals surface area contributed by atoms with Crippen LogP contribution in [0.1, 0.15) is 28.7 Å². The van der Waals surface area contributed by atoms with Crippen molar-refractivity contribution in [2.75, 3.05) is 5.32 Å². The first-order valence-corrected chi connectivity index (χ1v) is 9.04. The Bertz CT molecular complexity index is 1060. The Kier molecular flexibility index (Phi) is 4.36. The Balaban J connectivity index is 1.91. The molecule has 0 saturated carbocycles. The zero-order valence-electron chi connectivity index (χ0n) is 15.5. The summed E-state index contributed by atoms with van der Waals surface area (Å²) < 4.78 is 1.62. The van der Waals surface area contributed by atoms with Gasteiger partial charge in [0.1, 0.15) is 0 Å². The summed E-state index contributed by atoms with van der Waals surface area (Å²) in [7, 11) is 1.78. The van der Waals surface area contributed by atoms with E-state index in [4.69, 9.17) is 0 Å². The molecule has 136 valence electrons. The molecular formula is C22H21N3O2. The summed E-state index contributed by atoms with van der Waals surface area (Å²) in [6.07, 6.45) is 7.45. The molecule has 0 atom stereocenters. The van der Waals surface area contributed by atoms with Crippen LogP contribution in [-0.2, 0) is 24.7 Å². The molecule has 0 saturated heterocycles. The van der Waals surface area contributed by atoms with Crippen LogP contribution in [0, 0.1) is 6.92 Å². The molecule has 3 heterocycles. The Morgan fingerprint density at radius 3 is 2.78 bits per heavy atom. The average molecular weight is 359 g/mol. The number of hydrogen-bond acceptors (Lipinski definition) is 3. The van der Waals surface area contributed by atoms with Gasteiger partial charge >= 0.3 is 0 Å². The Morgan fingerprint density at radius 1 is 1.19 bits per heavy atom. The van der Waals surface area contributed by atoms with Gasteiger partial charge < -0.3 is 9.88 Å². The molecule has 0 fully saturated rings. The van der Waals surface area contributed by atoms with Crippen LogP contribution in [-0.4, -0.2) is 15.5 Å². The summed E-state index contributed by atoms with van der Waals surface area (Å²) in [6, 6.07) is 9.94. The Hall–Kier alpha value is -3.21. The van der Waals surface area contributed by atoms with Gasteiger partial charge in [-0.1, -0.05) is 12.1 Å². The number of carbonyl (C=O) groups is 1. The normalized spacial score (nSPS) is 13.2. The molecule has 5 heteroatoms. The summed E-state index contributed by atoms with van der Waals surface area (Å²) in [4.78, 5) is 28.2. The van der Waals surface area contributed by atoms with Crippen LogP contribution < -0.4 is 10.9 Å². The number of nitrogens with one attached hydrogen (secondary N) is 1. The van der Waals surface area contributed by atoms with Crippen LogP contribution in [0.15, 0.2) is 53.7 Å². The number of aromatic nitrogens is 2. The SMILES string of the molecule is Cc1cc(-c2ccc3c(c2Cc2cccnc2)CCC(=O)N3)cn(C)c1=O. The van der Waals surface area contributed by atoms with Crippen LogP contribution in [0.4, 0.5) is 5.69 Å². The second-order valence-corrected chi connectivity index (χ2v) is 7.03. The number of rotatable bonds is 3. The van der Waals surface area contributed by atoms with Crippen molar-refractivity contribution in [3.63, 3.8) is 0 Å². The summed E-state index contributed by atoms with van der Waals surface area (Å²) in [5, 5.41) is 2.99. The van der Waals surface area contributed by atoms with E-state index in [1.165, 1.54) is 11.1 Å². The van der Waals surface area contributed by atoms with E-state index in [0.29, 0.717) is 12.0 Å². The summed E-state index contributed by atoms with van der Waals surface area (Å²) in [5.74, 6) is 0.0560. The third kappa shape index (κ3) is 3.28. The number of fused-ring (bicyclic) bond motifs is 1. The molecule has 27 heavy (non-hydrogen) atoms. The standard InChI is InChI=1S/C22H21N3O2/c1-14-10-16(13-25(2)22(14)27)17-5-7-20-18(6-8-21(26)24-20)19(17)11-15-4-3-9-23-12-15/h3-5,7,9-10,12-13H,6,8,11H2,1-2H3,(H,24,26). The summed E-state index contributed by atoms with van der Waals surface area (Å²) >= 11 is 0. The van der Waals surface area contributed by atoms with Gasteiger partial charge in [0.2, 0.25) is 5.91 Å². The van der Waals surface area contributed by atoms with Crippen molar-refractivity contribution in [1.82, 2.24) is 9.55 Å². The highest BCUT2D eigenvalue weighted by Crippen LogP contribution is 2.35. The van der Waals surface area contributed by atoms with Gasteiger partial charge in [0, 0.05) is 43.3 Å². The number of hydrogen-bond donors (Lipinski definition) is 1. The van der Waals surface area contributed by atoms with Gasteiger partial charge in [0.15, 0.2) is 0 Å². The summed E-state index contributed by atoms with van der Waals surface area (Å²) in [5.41, 5.74) is 7.17. The van der Waals surface area contributed by atoms with Crippen molar-refractivity contribution in [2.24, 2.45) is 7.05 Å². The first kappa shape index (κ1) is 17.2. The number of amides is 1. The predicted octanol–water partition coefficient (Wildman–Crippen LogP) is 3.23. The van der Waals surface area contributed by atoms with E-state index in [-0.39, 0.29) is 11.5 Å². The van der Waals surface area contributed by atoms with E-state index in [1.807, 2.05) is 43.6 Å². The minimum atomic E-state index is 0.0118. The number of aryl methyl sites for hydroxylation is 2. The van der Waals surface area contributed by atoms with E-state index < -0.39 is 0 Å². The fourth-order valence-electron chi connectivity index (χ4n) is 3.75. The van der Waals surface area contributed by atoms with Gasteiger partial charge in [0.25, 0.3) is 5.56 Å². The molecular weight excluding hydrogens is 338 g/mol. The third-order valence-electron chi connectivity index (χ3n) is 5.08. The van der Waals surface area contributed by atoms with Gasteiger partial charge in [-0.3, -0.25) is 14.6 Å². The molecule has 4 rings (SSSR count). The van der Waals surface area contributed by atoms with Gasteiger partial charge in [0.05, 0.1) is 0 Å². The van der Waals surface area contributed by atoms with Crippen molar-refractivity contribution < 1.29 is 4.79 Å². The van der Waals surface area contributed by atoms with Crippen LogP contribution in [0.3, 0.4) is 0 Å². The Labute approximate surface area is 157 Å². The zero-order valence-corrected chi connectivity index (χ0v) is 15.5. The molecule has 1 amide bonds. The minimum absolute atomic E-state index is 0.0118.